The van der Waals surface area contributed by atoms with E-state index < -0.39 is 0 Å². The van der Waals surface area contributed by atoms with Crippen molar-refractivity contribution in [3.63, 3.8) is 0 Å². The minimum atomic E-state index is -0.292. The summed E-state index contributed by atoms with van der Waals surface area (Å²) in [5.41, 5.74) is 7.25. The molecule has 80 valence electrons. The lowest BCUT2D eigenvalue weighted by Crippen LogP contribution is -1.98. The van der Waals surface area contributed by atoms with Crippen molar-refractivity contribution in [2.75, 3.05) is 0 Å². The summed E-state index contributed by atoms with van der Waals surface area (Å²) in [6, 6.07) is 10.1. The smallest absolute Gasteiger partial charge is 0.123 e. The monoisotopic (exact) mass is 232 g/mol. The Kier molecular flexibility index (Phi) is 3.00. The first-order valence-electron chi connectivity index (χ1n) is 4.73. The largest absolute Gasteiger partial charge is 0.326 e. The predicted octanol–water partition coefficient (Wildman–Crippen LogP) is 2.88. The van der Waals surface area contributed by atoms with E-state index in [2.05, 4.69) is 6.07 Å². The normalized spacial score (nSPS) is 10.1. The zero-order valence-corrected chi connectivity index (χ0v) is 9.22. The van der Waals surface area contributed by atoms with Gasteiger partial charge in [0.25, 0.3) is 0 Å². The second kappa shape index (κ2) is 4.44. The Bertz CT molecular complexity index is 554. The third-order valence-corrected chi connectivity index (χ3v) is 3.30. The van der Waals surface area contributed by atoms with Crippen LogP contribution in [0.15, 0.2) is 30.3 Å². The summed E-state index contributed by atoms with van der Waals surface area (Å²) in [5.74, 6) is -0.292. The van der Waals surface area contributed by atoms with E-state index in [-0.39, 0.29) is 5.82 Å². The van der Waals surface area contributed by atoms with E-state index in [0.717, 1.165) is 16.0 Å². The molecule has 0 unspecified atom stereocenters. The van der Waals surface area contributed by atoms with Gasteiger partial charge in [0.05, 0.1) is 0 Å². The Balaban J connectivity index is 2.54. The molecule has 2 N–H and O–H groups in total. The molecule has 2 aromatic rings. The van der Waals surface area contributed by atoms with Crippen molar-refractivity contribution in [2.45, 2.75) is 6.54 Å². The van der Waals surface area contributed by atoms with E-state index in [4.69, 9.17) is 11.0 Å². The number of nitriles is 1. The molecule has 0 radical (unpaired) electrons. The molecular formula is C12H9FN2S. The van der Waals surface area contributed by atoms with Crippen LogP contribution in [0.5, 0.6) is 0 Å². The Morgan fingerprint density at radius 2 is 2.12 bits per heavy atom. The topological polar surface area (TPSA) is 49.8 Å². The van der Waals surface area contributed by atoms with Crippen molar-refractivity contribution >= 4 is 11.3 Å². The van der Waals surface area contributed by atoms with Crippen LogP contribution in [0.4, 0.5) is 4.39 Å². The van der Waals surface area contributed by atoms with Crippen molar-refractivity contribution in [1.29, 1.82) is 5.26 Å². The van der Waals surface area contributed by atoms with E-state index in [1.165, 1.54) is 23.5 Å². The molecule has 0 atom stereocenters. The van der Waals surface area contributed by atoms with Gasteiger partial charge >= 0.3 is 0 Å². The summed E-state index contributed by atoms with van der Waals surface area (Å²) in [5, 5.41) is 8.74. The Morgan fingerprint density at radius 3 is 2.75 bits per heavy atom. The Labute approximate surface area is 96.8 Å². The third kappa shape index (κ3) is 1.96. The maximum Gasteiger partial charge on any atom is 0.123 e. The number of nitrogens with two attached hydrogens (primary N) is 1. The highest BCUT2D eigenvalue weighted by atomic mass is 32.1. The number of hydrogen-bond donors (Lipinski definition) is 1. The summed E-state index contributed by atoms with van der Waals surface area (Å²) < 4.78 is 13.2. The summed E-state index contributed by atoms with van der Waals surface area (Å²) in [4.78, 5) is 1.48. The van der Waals surface area contributed by atoms with Crippen LogP contribution in [0.2, 0.25) is 0 Å². The number of nitrogens with zero attached hydrogens (tertiary/aromatic N) is 1. The molecule has 0 fully saturated rings. The summed E-state index contributed by atoms with van der Waals surface area (Å²) in [7, 11) is 0. The van der Waals surface area contributed by atoms with Crippen LogP contribution in [0.3, 0.4) is 0 Å². The molecule has 2 nitrogen and oxygen atoms in total. The molecule has 0 bridgehead atoms. The van der Waals surface area contributed by atoms with E-state index in [1.807, 2.05) is 6.07 Å². The van der Waals surface area contributed by atoms with Crippen LogP contribution in [-0.2, 0) is 6.54 Å². The standard InChI is InChI=1S/C12H9FN2S/c13-9-2-1-8(6-14)11(5-9)12-4-3-10(7-15)16-12/h1-5H,6,14H2. The molecule has 0 aliphatic rings. The molecule has 1 aromatic heterocycles. The van der Waals surface area contributed by atoms with Gasteiger partial charge in [0.1, 0.15) is 16.8 Å². The molecule has 1 heterocycles. The molecule has 0 spiro atoms. The van der Waals surface area contributed by atoms with Crippen molar-refractivity contribution in [1.82, 2.24) is 0 Å². The molecule has 0 saturated heterocycles. The van der Waals surface area contributed by atoms with Gasteiger partial charge in [-0.05, 0) is 35.4 Å². The predicted molar refractivity (Wildman–Crippen MR) is 62.3 cm³/mol. The Morgan fingerprint density at radius 1 is 1.31 bits per heavy atom. The average molecular weight is 232 g/mol. The molecule has 16 heavy (non-hydrogen) atoms. The summed E-state index contributed by atoms with van der Waals surface area (Å²) in [6.07, 6.45) is 0. The highest BCUT2D eigenvalue weighted by Crippen LogP contribution is 2.30. The van der Waals surface area contributed by atoms with Crippen LogP contribution in [0.1, 0.15) is 10.4 Å². The minimum absolute atomic E-state index is 0.292. The van der Waals surface area contributed by atoms with Crippen molar-refractivity contribution in [2.24, 2.45) is 5.73 Å². The lowest BCUT2D eigenvalue weighted by Gasteiger charge is -2.05. The number of hydrogen-bond acceptors (Lipinski definition) is 3. The van der Waals surface area contributed by atoms with Crippen molar-refractivity contribution < 1.29 is 4.39 Å². The van der Waals surface area contributed by atoms with Crippen LogP contribution >= 0.6 is 11.3 Å². The zero-order valence-electron chi connectivity index (χ0n) is 8.40. The van der Waals surface area contributed by atoms with E-state index >= 15 is 0 Å². The van der Waals surface area contributed by atoms with E-state index in [9.17, 15) is 4.39 Å². The average Bonchev–Trinajstić information content (AvgIpc) is 2.77. The number of rotatable bonds is 2. The van der Waals surface area contributed by atoms with Crippen molar-refractivity contribution in [3.05, 3.63) is 46.6 Å². The Hall–Kier alpha value is -1.70. The SMILES string of the molecule is N#Cc1ccc(-c2cc(F)ccc2CN)s1. The van der Waals surface area contributed by atoms with Crippen molar-refractivity contribution in [3.8, 4) is 16.5 Å². The number of benzene rings is 1. The number of thiophene rings is 1. The molecule has 1 aromatic carbocycles. The molecule has 2 rings (SSSR count). The second-order valence-electron chi connectivity index (χ2n) is 3.28. The van der Waals surface area contributed by atoms with Gasteiger partial charge in [-0.3, -0.25) is 0 Å². The minimum Gasteiger partial charge on any atom is -0.326 e. The van der Waals surface area contributed by atoms with Crippen LogP contribution in [-0.4, -0.2) is 0 Å². The molecule has 0 saturated carbocycles. The fourth-order valence-corrected chi connectivity index (χ4v) is 2.35. The van der Waals surface area contributed by atoms with Gasteiger partial charge < -0.3 is 5.73 Å². The highest BCUT2D eigenvalue weighted by Gasteiger charge is 2.08. The molecular weight excluding hydrogens is 223 g/mol. The van der Waals surface area contributed by atoms with Crippen LogP contribution < -0.4 is 5.73 Å². The first kappa shape index (κ1) is 10.8. The van der Waals surface area contributed by atoms with E-state index in [1.54, 1.807) is 12.1 Å². The van der Waals surface area contributed by atoms with Gasteiger partial charge in [-0.2, -0.15) is 5.26 Å². The lowest BCUT2D eigenvalue weighted by atomic mass is 10.1. The molecule has 4 heteroatoms. The number of halogens is 1. The maximum absolute atomic E-state index is 13.2. The second-order valence-corrected chi connectivity index (χ2v) is 4.37. The first-order chi connectivity index (χ1) is 7.74. The van der Waals surface area contributed by atoms with Gasteiger partial charge in [-0.1, -0.05) is 6.07 Å². The highest BCUT2D eigenvalue weighted by molar-refractivity contribution is 7.16. The zero-order chi connectivity index (χ0) is 11.5. The van der Waals surface area contributed by atoms with Gasteiger partial charge in [0.15, 0.2) is 0 Å². The van der Waals surface area contributed by atoms with Gasteiger partial charge in [-0.25, -0.2) is 4.39 Å². The lowest BCUT2D eigenvalue weighted by molar-refractivity contribution is 0.627. The maximum atomic E-state index is 13.2. The summed E-state index contributed by atoms with van der Waals surface area (Å²) in [6.45, 7) is 0.357. The van der Waals surface area contributed by atoms with Gasteiger partial charge in [0, 0.05) is 11.4 Å². The summed E-state index contributed by atoms with van der Waals surface area (Å²) >= 11 is 1.34. The molecule has 0 aliphatic heterocycles. The third-order valence-electron chi connectivity index (χ3n) is 2.27. The fourth-order valence-electron chi connectivity index (χ4n) is 1.50. The van der Waals surface area contributed by atoms with Crippen LogP contribution in [0.25, 0.3) is 10.4 Å². The quantitative estimate of drug-likeness (QED) is 0.865. The van der Waals surface area contributed by atoms with Gasteiger partial charge in [0.2, 0.25) is 0 Å². The van der Waals surface area contributed by atoms with Gasteiger partial charge in [-0.15, -0.1) is 11.3 Å². The first-order valence-corrected chi connectivity index (χ1v) is 5.55. The van der Waals surface area contributed by atoms with E-state index in [0.29, 0.717) is 11.4 Å². The van der Waals surface area contributed by atoms with Crippen LogP contribution in [0, 0.1) is 17.1 Å². The molecule has 0 amide bonds. The molecule has 0 aliphatic carbocycles. The fraction of sp³-hybridized carbons (Fsp3) is 0.0833.